The summed E-state index contributed by atoms with van der Waals surface area (Å²) in [5, 5.41) is 0. The van der Waals surface area contributed by atoms with Gasteiger partial charge >= 0.3 is 12.1 Å². The largest absolute Gasteiger partial charge is 0.451 e. The van der Waals surface area contributed by atoms with Crippen LogP contribution in [-0.4, -0.2) is 37.0 Å². The third kappa shape index (κ3) is 15.4. The van der Waals surface area contributed by atoms with Gasteiger partial charge in [0.05, 0.1) is 0 Å². The van der Waals surface area contributed by atoms with Crippen LogP contribution in [0.25, 0.3) is 0 Å². The fraction of sp³-hybridized carbons (Fsp3) is 0.941. The Morgan fingerprint density at radius 1 is 0.923 bits per heavy atom. The van der Waals surface area contributed by atoms with Crippen LogP contribution in [0.15, 0.2) is 0 Å². The first-order valence-corrected chi connectivity index (χ1v) is 10.9. The van der Waals surface area contributed by atoms with Crippen LogP contribution in [-0.2, 0) is 19.6 Å². The van der Waals surface area contributed by atoms with E-state index in [9.17, 15) is 26.4 Å². The molecule has 0 bridgehead atoms. The molecular formula is C17H31F3O5S. The minimum Gasteiger partial charge on any atom is -0.451 e. The molecule has 0 radical (unpaired) electrons. The molecule has 0 saturated carbocycles. The number of ether oxygens (including phenoxy) is 1. The van der Waals surface area contributed by atoms with Gasteiger partial charge in [-0.3, -0.25) is 9.35 Å². The lowest BCUT2D eigenvalue weighted by molar-refractivity contribution is -0.215. The number of alkyl halides is 3. The molecule has 0 heterocycles. The molecule has 26 heavy (non-hydrogen) atoms. The van der Waals surface area contributed by atoms with E-state index in [1.54, 1.807) is 0 Å². The highest BCUT2D eigenvalue weighted by molar-refractivity contribution is 7.85. The molecule has 0 amide bonds. The second-order valence-electron chi connectivity index (χ2n) is 6.55. The predicted molar refractivity (Wildman–Crippen MR) is 93.4 cm³/mol. The molecule has 0 saturated heterocycles. The first-order valence-electron chi connectivity index (χ1n) is 9.27. The molecule has 1 atom stereocenters. The van der Waals surface area contributed by atoms with E-state index in [2.05, 4.69) is 11.7 Å². The van der Waals surface area contributed by atoms with Gasteiger partial charge in [0.1, 0.15) is 5.75 Å². The van der Waals surface area contributed by atoms with E-state index in [-0.39, 0.29) is 6.42 Å². The minimum absolute atomic E-state index is 0.199. The van der Waals surface area contributed by atoms with Crippen molar-refractivity contribution < 1.29 is 35.7 Å². The maximum atomic E-state index is 12.6. The lowest BCUT2D eigenvalue weighted by Crippen LogP contribution is -2.39. The third-order valence-corrected chi connectivity index (χ3v) is 4.71. The Balaban J connectivity index is 3.81. The molecule has 1 unspecified atom stereocenters. The van der Waals surface area contributed by atoms with E-state index < -0.39 is 34.1 Å². The average Bonchev–Trinajstić information content (AvgIpc) is 2.50. The summed E-state index contributed by atoms with van der Waals surface area (Å²) in [6.07, 6.45) is 3.48. The Morgan fingerprint density at radius 3 is 1.73 bits per heavy atom. The molecule has 5 nitrogen and oxygen atoms in total. The van der Waals surface area contributed by atoms with Crippen LogP contribution >= 0.6 is 0 Å². The zero-order valence-electron chi connectivity index (χ0n) is 15.4. The number of rotatable bonds is 15. The maximum absolute atomic E-state index is 12.6. The number of unbranched alkanes of at least 4 members (excludes halogenated alkanes) is 10. The summed E-state index contributed by atoms with van der Waals surface area (Å²) in [6.45, 7) is 2.17. The molecule has 0 spiro atoms. The molecular weight excluding hydrogens is 373 g/mol. The zero-order chi connectivity index (χ0) is 20.1. The number of halogens is 3. The number of carbonyl (C=O) groups is 1. The standard InChI is InChI=1S/C17H31F3O5S/c1-2-3-4-5-6-7-8-9-10-11-12-13-16(21)25-15(17(18,19)20)14-26(22,23)24/h15H,2-14H2,1H3,(H,22,23,24). The van der Waals surface area contributed by atoms with Gasteiger partial charge < -0.3 is 4.74 Å². The van der Waals surface area contributed by atoms with Gasteiger partial charge in [-0.05, 0) is 6.42 Å². The van der Waals surface area contributed by atoms with Gasteiger partial charge in [-0.25, -0.2) is 0 Å². The highest BCUT2D eigenvalue weighted by Crippen LogP contribution is 2.24. The summed E-state index contributed by atoms with van der Waals surface area (Å²) in [4.78, 5) is 11.4. The Bertz CT molecular complexity index is 477. The van der Waals surface area contributed by atoms with E-state index in [0.717, 1.165) is 19.3 Å². The van der Waals surface area contributed by atoms with Gasteiger partial charge in [-0.15, -0.1) is 0 Å². The van der Waals surface area contributed by atoms with Gasteiger partial charge in [0, 0.05) is 6.42 Å². The second-order valence-corrected chi connectivity index (χ2v) is 8.05. The van der Waals surface area contributed by atoms with Crippen molar-refractivity contribution in [1.82, 2.24) is 0 Å². The molecule has 0 rings (SSSR count). The zero-order valence-corrected chi connectivity index (χ0v) is 16.2. The van der Waals surface area contributed by atoms with Crippen LogP contribution in [0.1, 0.15) is 84.0 Å². The van der Waals surface area contributed by atoms with Crippen molar-refractivity contribution in [3.8, 4) is 0 Å². The molecule has 0 aromatic carbocycles. The van der Waals surface area contributed by atoms with Crippen LogP contribution in [0.3, 0.4) is 0 Å². The molecule has 0 aromatic heterocycles. The van der Waals surface area contributed by atoms with Crippen molar-refractivity contribution in [2.24, 2.45) is 0 Å². The van der Waals surface area contributed by atoms with Crippen molar-refractivity contribution in [3.05, 3.63) is 0 Å². The normalized spacial score (nSPS) is 13.6. The summed E-state index contributed by atoms with van der Waals surface area (Å²) in [7, 11) is -4.90. The smallest absolute Gasteiger partial charge is 0.426 e. The summed E-state index contributed by atoms with van der Waals surface area (Å²) in [5.74, 6) is -2.78. The first-order chi connectivity index (χ1) is 12.1. The van der Waals surface area contributed by atoms with Gasteiger partial charge in [-0.1, -0.05) is 71.1 Å². The fourth-order valence-electron chi connectivity index (χ4n) is 2.54. The first kappa shape index (κ1) is 25.2. The Kier molecular flexibility index (Phi) is 12.9. The van der Waals surface area contributed by atoms with Crippen LogP contribution in [0.5, 0.6) is 0 Å². The summed E-state index contributed by atoms with van der Waals surface area (Å²) >= 11 is 0. The van der Waals surface area contributed by atoms with Crippen molar-refractivity contribution in [2.75, 3.05) is 5.75 Å². The summed E-state index contributed by atoms with van der Waals surface area (Å²) in [5.41, 5.74) is 0. The van der Waals surface area contributed by atoms with Crippen molar-refractivity contribution in [3.63, 3.8) is 0 Å². The lowest BCUT2D eigenvalue weighted by Gasteiger charge is -2.19. The quantitative estimate of drug-likeness (QED) is 0.235. The summed E-state index contributed by atoms with van der Waals surface area (Å²) in [6, 6.07) is 0. The van der Waals surface area contributed by atoms with E-state index in [1.807, 2.05) is 0 Å². The molecule has 0 aliphatic heterocycles. The fourth-order valence-corrected chi connectivity index (χ4v) is 3.18. The summed E-state index contributed by atoms with van der Waals surface area (Å²) < 4.78 is 71.7. The van der Waals surface area contributed by atoms with Gasteiger partial charge in [-0.2, -0.15) is 21.6 Å². The second kappa shape index (κ2) is 13.4. The number of hydrogen-bond donors (Lipinski definition) is 1. The van der Waals surface area contributed by atoms with E-state index in [4.69, 9.17) is 4.55 Å². The number of esters is 1. The Labute approximate surface area is 154 Å². The van der Waals surface area contributed by atoms with E-state index in [1.165, 1.54) is 38.5 Å². The highest BCUT2D eigenvalue weighted by atomic mass is 32.2. The van der Waals surface area contributed by atoms with Crippen LogP contribution in [0.4, 0.5) is 13.2 Å². The number of carbonyl (C=O) groups excluding carboxylic acids is 1. The highest BCUT2D eigenvalue weighted by Gasteiger charge is 2.45. The SMILES string of the molecule is CCCCCCCCCCCCCC(=O)OC(CS(=O)(=O)O)C(F)(F)F. The van der Waals surface area contributed by atoms with Gasteiger partial charge in [0.15, 0.2) is 0 Å². The third-order valence-electron chi connectivity index (χ3n) is 3.99. The van der Waals surface area contributed by atoms with Crippen LogP contribution < -0.4 is 0 Å². The molecule has 0 aliphatic carbocycles. The number of hydrogen-bond acceptors (Lipinski definition) is 4. The van der Waals surface area contributed by atoms with E-state index >= 15 is 0 Å². The predicted octanol–water partition coefficient (Wildman–Crippen LogP) is 5.05. The van der Waals surface area contributed by atoms with Crippen molar-refractivity contribution in [2.45, 2.75) is 96.3 Å². The van der Waals surface area contributed by atoms with Crippen molar-refractivity contribution in [1.29, 1.82) is 0 Å². The topological polar surface area (TPSA) is 80.7 Å². The average molecular weight is 404 g/mol. The van der Waals surface area contributed by atoms with Crippen LogP contribution in [0, 0.1) is 0 Å². The monoisotopic (exact) mass is 404 g/mol. The Morgan fingerprint density at radius 2 is 1.35 bits per heavy atom. The molecule has 156 valence electrons. The minimum atomic E-state index is -5.04. The Hall–Kier alpha value is -0.830. The molecule has 9 heteroatoms. The van der Waals surface area contributed by atoms with Crippen molar-refractivity contribution >= 4 is 16.1 Å². The van der Waals surface area contributed by atoms with Crippen LogP contribution in [0.2, 0.25) is 0 Å². The van der Waals surface area contributed by atoms with E-state index in [0.29, 0.717) is 12.8 Å². The molecule has 1 N–H and O–H groups in total. The van der Waals surface area contributed by atoms with Gasteiger partial charge in [0.25, 0.3) is 10.1 Å². The van der Waals surface area contributed by atoms with Gasteiger partial charge in [0.2, 0.25) is 6.10 Å². The molecule has 0 aliphatic rings. The lowest BCUT2D eigenvalue weighted by atomic mass is 10.1. The maximum Gasteiger partial charge on any atom is 0.426 e. The molecule has 0 fully saturated rings. The molecule has 0 aromatic rings.